The number of benzene rings is 1. The summed E-state index contributed by atoms with van der Waals surface area (Å²) in [7, 11) is 0. The van der Waals surface area contributed by atoms with Crippen LogP contribution >= 0.6 is 23.4 Å². The van der Waals surface area contributed by atoms with Gasteiger partial charge in [0, 0.05) is 18.0 Å². The molecular formula is C13H14ClNO4S. The van der Waals surface area contributed by atoms with E-state index in [0.29, 0.717) is 31.2 Å². The minimum Gasteiger partial charge on any atom is -0.478 e. The Bertz CT molecular complexity index is 517. The first kappa shape index (κ1) is 15.2. The normalized spacial score (nSPS) is 15.2. The van der Waals surface area contributed by atoms with Crippen LogP contribution in [-0.4, -0.2) is 53.9 Å². The van der Waals surface area contributed by atoms with Gasteiger partial charge in [-0.15, -0.1) is 11.8 Å². The maximum absolute atomic E-state index is 12.0. The fraction of sp³-hybridized carbons (Fsp3) is 0.385. The SMILES string of the molecule is O=C(O)c1cc(SCC(=O)N2CCOCC2)ccc1Cl. The Balaban J connectivity index is 1.95. The van der Waals surface area contributed by atoms with Crippen molar-refractivity contribution in [2.75, 3.05) is 32.1 Å². The van der Waals surface area contributed by atoms with Gasteiger partial charge < -0.3 is 14.7 Å². The van der Waals surface area contributed by atoms with E-state index in [-0.39, 0.29) is 22.2 Å². The van der Waals surface area contributed by atoms with Crippen molar-refractivity contribution in [2.45, 2.75) is 4.90 Å². The molecule has 0 saturated carbocycles. The topological polar surface area (TPSA) is 66.8 Å². The summed E-state index contributed by atoms with van der Waals surface area (Å²) in [5, 5.41) is 9.18. The third-order valence-electron chi connectivity index (χ3n) is 2.89. The van der Waals surface area contributed by atoms with Crippen molar-refractivity contribution < 1.29 is 19.4 Å². The lowest BCUT2D eigenvalue weighted by Gasteiger charge is -2.26. The molecular weight excluding hydrogens is 302 g/mol. The van der Waals surface area contributed by atoms with Gasteiger partial charge in [0.1, 0.15) is 0 Å². The average molecular weight is 316 g/mol. The van der Waals surface area contributed by atoms with Crippen molar-refractivity contribution in [1.29, 1.82) is 0 Å². The van der Waals surface area contributed by atoms with E-state index in [1.165, 1.54) is 23.9 Å². The standard InChI is InChI=1S/C13H14ClNO4S/c14-11-2-1-9(7-10(11)13(17)18)20-8-12(16)15-3-5-19-6-4-15/h1-2,7H,3-6,8H2,(H,17,18). The number of carboxylic acids is 1. The van der Waals surface area contributed by atoms with Crippen LogP contribution in [0.25, 0.3) is 0 Å². The molecule has 0 unspecified atom stereocenters. The summed E-state index contributed by atoms with van der Waals surface area (Å²) in [4.78, 5) is 25.4. The average Bonchev–Trinajstić information content (AvgIpc) is 2.46. The first-order valence-corrected chi connectivity index (χ1v) is 7.45. The predicted molar refractivity (Wildman–Crippen MR) is 76.5 cm³/mol. The largest absolute Gasteiger partial charge is 0.478 e. The van der Waals surface area contributed by atoms with Crippen LogP contribution in [0.2, 0.25) is 5.02 Å². The van der Waals surface area contributed by atoms with Crippen LogP contribution in [0.15, 0.2) is 23.1 Å². The van der Waals surface area contributed by atoms with Gasteiger partial charge in [-0.05, 0) is 18.2 Å². The molecule has 1 aliphatic rings. The van der Waals surface area contributed by atoms with Gasteiger partial charge in [-0.1, -0.05) is 11.6 Å². The van der Waals surface area contributed by atoms with Gasteiger partial charge in [0.2, 0.25) is 5.91 Å². The van der Waals surface area contributed by atoms with Gasteiger partial charge >= 0.3 is 5.97 Å². The van der Waals surface area contributed by atoms with Crippen molar-refractivity contribution in [1.82, 2.24) is 4.90 Å². The number of halogens is 1. The lowest BCUT2D eigenvalue weighted by molar-refractivity contribution is -0.132. The number of nitrogens with zero attached hydrogens (tertiary/aromatic N) is 1. The van der Waals surface area contributed by atoms with Crippen molar-refractivity contribution in [2.24, 2.45) is 0 Å². The molecule has 0 spiro atoms. The first-order chi connectivity index (χ1) is 9.58. The van der Waals surface area contributed by atoms with Crippen LogP contribution in [0.5, 0.6) is 0 Å². The second-order valence-electron chi connectivity index (χ2n) is 4.23. The molecule has 0 atom stereocenters. The molecule has 1 heterocycles. The number of carboxylic acid groups (broad SMARTS) is 1. The summed E-state index contributed by atoms with van der Waals surface area (Å²) >= 11 is 7.10. The van der Waals surface area contributed by atoms with E-state index in [0.717, 1.165) is 0 Å². The Morgan fingerprint density at radius 2 is 2.05 bits per heavy atom. The Kier molecular flexibility index (Phi) is 5.28. The van der Waals surface area contributed by atoms with Gasteiger partial charge in [0.05, 0.1) is 29.6 Å². The number of amides is 1. The van der Waals surface area contributed by atoms with Crippen molar-refractivity contribution in [3.05, 3.63) is 28.8 Å². The molecule has 1 aromatic carbocycles. The maximum Gasteiger partial charge on any atom is 0.337 e. The highest BCUT2D eigenvalue weighted by Gasteiger charge is 2.17. The number of carbonyl (C=O) groups is 2. The highest BCUT2D eigenvalue weighted by atomic mass is 35.5. The molecule has 1 fully saturated rings. The monoisotopic (exact) mass is 315 g/mol. The maximum atomic E-state index is 12.0. The van der Waals surface area contributed by atoms with Gasteiger partial charge in [-0.25, -0.2) is 4.79 Å². The molecule has 0 aliphatic carbocycles. The number of rotatable bonds is 4. The number of ether oxygens (including phenoxy) is 1. The molecule has 7 heteroatoms. The minimum absolute atomic E-state index is 0.0325. The fourth-order valence-electron chi connectivity index (χ4n) is 1.81. The number of morpholine rings is 1. The van der Waals surface area contributed by atoms with Gasteiger partial charge in [-0.2, -0.15) is 0 Å². The lowest BCUT2D eigenvalue weighted by Crippen LogP contribution is -2.41. The van der Waals surface area contributed by atoms with E-state index in [1.807, 2.05) is 0 Å². The van der Waals surface area contributed by atoms with Crippen LogP contribution in [0.1, 0.15) is 10.4 Å². The zero-order valence-corrected chi connectivity index (χ0v) is 12.2. The summed E-state index contributed by atoms with van der Waals surface area (Å²) in [6, 6.07) is 4.74. The quantitative estimate of drug-likeness (QED) is 0.861. The third kappa shape index (κ3) is 3.88. The molecule has 5 nitrogen and oxygen atoms in total. The molecule has 1 aromatic rings. The predicted octanol–water partition coefficient (Wildman–Crippen LogP) is 1.99. The van der Waals surface area contributed by atoms with Crippen LogP contribution in [0, 0.1) is 0 Å². The van der Waals surface area contributed by atoms with E-state index >= 15 is 0 Å². The first-order valence-electron chi connectivity index (χ1n) is 6.09. The summed E-state index contributed by atoms with van der Waals surface area (Å²) < 4.78 is 5.19. The lowest BCUT2D eigenvalue weighted by atomic mass is 10.2. The molecule has 1 amide bonds. The molecule has 0 radical (unpaired) electrons. The minimum atomic E-state index is -1.07. The molecule has 108 valence electrons. The molecule has 20 heavy (non-hydrogen) atoms. The molecule has 1 saturated heterocycles. The Hall–Kier alpha value is -1.24. The van der Waals surface area contributed by atoms with E-state index in [9.17, 15) is 9.59 Å². The van der Waals surface area contributed by atoms with Crippen molar-refractivity contribution in [3.8, 4) is 0 Å². The van der Waals surface area contributed by atoms with Gasteiger partial charge in [-0.3, -0.25) is 4.79 Å². The molecule has 1 aliphatic heterocycles. The van der Waals surface area contributed by atoms with Gasteiger partial charge in [0.25, 0.3) is 0 Å². The molecule has 1 N–H and O–H groups in total. The highest BCUT2D eigenvalue weighted by molar-refractivity contribution is 8.00. The summed E-state index contributed by atoms with van der Waals surface area (Å²) in [6.07, 6.45) is 0. The number of aromatic carboxylic acids is 1. The fourth-order valence-corrected chi connectivity index (χ4v) is 2.84. The smallest absolute Gasteiger partial charge is 0.337 e. The summed E-state index contributed by atoms with van der Waals surface area (Å²) in [5.41, 5.74) is 0.0514. The summed E-state index contributed by atoms with van der Waals surface area (Å²) in [6.45, 7) is 2.36. The Labute approximate surface area is 125 Å². The Morgan fingerprint density at radius 3 is 2.70 bits per heavy atom. The molecule has 0 aromatic heterocycles. The number of hydrogen-bond donors (Lipinski definition) is 1. The number of thioether (sulfide) groups is 1. The van der Waals surface area contributed by atoms with Crippen molar-refractivity contribution in [3.63, 3.8) is 0 Å². The zero-order chi connectivity index (χ0) is 14.5. The van der Waals surface area contributed by atoms with Crippen LogP contribution in [0.4, 0.5) is 0 Å². The number of hydrogen-bond acceptors (Lipinski definition) is 4. The second kappa shape index (κ2) is 6.97. The van der Waals surface area contributed by atoms with Crippen LogP contribution < -0.4 is 0 Å². The third-order valence-corrected chi connectivity index (χ3v) is 4.20. The van der Waals surface area contributed by atoms with Gasteiger partial charge in [0.15, 0.2) is 0 Å². The Morgan fingerprint density at radius 1 is 1.35 bits per heavy atom. The van der Waals surface area contributed by atoms with E-state index in [1.54, 1.807) is 11.0 Å². The summed E-state index contributed by atoms with van der Waals surface area (Å²) in [5.74, 6) is -0.761. The van der Waals surface area contributed by atoms with E-state index in [4.69, 9.17) is 21.4 Å². The highest BCUT2D eigenvalue weighted by Crippen LogP contribution is 2.25. The zero-order valence-electron chi connectivity index (χ0n) is 10.7. The van der Waals surface area contributed by atoms with Crippen LogP contribution in [0.3, 0.4) is 0 Å². The number of carbonyl (C=O) groups excluding carboxylic acids is 1. The molecule has 2 rings (SSSR count). The second-order valence-corrected chi connectivity index (χ2v) is 5.68. The molecule has 0 bridgehead atoms. The van der Waals surface area contributed by atoms with E-state index < -0.39 is 5.97 Å². The van der Waals surface area contributed by atoms with Crippen LogP contribution in [-0.2, 0) is 9.53 Å². The van der Waals surface area contributed by atoms with E-state index in [2.05, 4.69) is 0 Å². The van der Waals surface area contributed by atoms with Crippen molar-refractivity contribution >= 4 is 35.2 Å².